The van der Waals surface area contributed by atoms with Crippen LogP contribution in [-0.4, -0.2) is 22.6 Å². The van der Waals surface area contributed by atoms with Crippen molar-refractivity contribution in [3.63, 3.8) is 0 Å². The van der Waals surface area contributed by atoms with Crippen molar-refractivity contribution in [2.45, 2.75) is 25.0 Å². The van der Waals surface area contributed by atoms with E-state index in [9.17, 15) is 14.7 Å². The predicted octanol–water partition coefficient (Wildman–Crippen LogP) is 3.33. The Bertz CT molecular complexity index is 1080. The van der Waals surface area contributed by atoms with E-state index in [-0.39, 0.29) is 13.0 Å². The van der Waals surface area contributed by atoms with Gasteiger partial charge in [0.05, 0.1) is 0 Å². The van der Waals surface area contributed by atoms with Crippen LogP contribution in [0.3, 0.4) is 0 Å². The third-order valence-electron chi connectivity index (χ3n) is 5.38. The number of nitrogens with two attached hydrogens (primary N) is 1. The summed E-state index contributed by atoms with van der Waals surface area (Å²) in [5, 5.41) is 9.61. The maximum Gasteiger partial charge on any atom is 0.338 e. The Balaban J connectivity index is 1.53. The van der Waals surface area contributed by atoms with Gasteiger partial charge in [-0.25, -0.2) is 9.59 Å². The molecule has 3 N–H and O–H groups in total. The second kappa shape index (κ2) is 7.53. The van der Waals surface area contributed by atoms with E-state index in [0.717, 1.165) is 23.1 Å². The first-order valence-electron chi connectivity index (χ1n) is 9.41. The number of aliphatic carboxylic acids is 1. The van der Waals surface area contributed by atoms with Crippen molar-refractivity contribution in [1.82, 2.24) is 0 Å². The number of ether oxygens (including phenoxy) is 1. The average molecular weight is 387 g/mol. The van der Waals surface area contributed by atoms with E-state index < -0.39 is 17.5 Å². The quantitative estimate of drug-likeness (QED) is 0.391. The first-order chi connectivity index (χ1) is 14.0. The van der Waals surface area contributed by atoms with Crippen LogP contribution in [0.4, 0.5) is 0 Å². The largest absolute Gasteiger partial charge is 0.479 e. The van der Waals surface area contributed by atoms with Crippen LogP contribution < -0.4 is 5.73 Å². The van der Waals surface area contributed by atoms with E-state index >= 15 is 0 Å². The zero-order valence-electron chi connectivity index (χ0n) is 15.8. The summed E-state index contributed by atoms with van der Waals surface area (Å²) >= 11 is 0. The molecule has 146 valence electrons. The molecule has 5 heteroatoms. The van der Waals surface area contributed by atoms with Crippen LogP contribution in [0, 0.1) is 0 Å². The van der Waals surface area contributed by atoms with Crippen molar-refractivity contribution in [2.75, 3.05) is 0 Å². The van der Waals surface area contributed by atoms with Crippen molar-refractivity contribution in [1.29, 1.82) is 0 Å². The fourth-order valence-corrected chi connectivity index (χ4v) is 3.78. The minimum Gasteiger partial charge on any atom is -0.479 e. The molecule has 4 rings (SSSR count). The molecule has 1 unspecified atom stereocenters. The number of fused-ring (bicyclic) bond motifs is 3. The van der Waals surface area contributed by atoms with Gasteiger partial charge in [0.1, 0.15) is 6.61 Å². The van der Waals surface area contributed by atoms with Crippen LogP contribution in [-0.2, 0) is 33.8 Å². The first-order valence-corrected chi connectivity index (χ1v) is 9.41. The number of hydrogen-bond donors (Lipinski definition) is 2. The molecule has 0 bridgehead atoms. The number of hydrogen-bond acceptors (Lipinski definition) is 4. The lowest BCUT2D eigenvalue weighted by Crippen LogP contribution is -2.57. The smallest absolute Gasteiger partial charge is 0.338 e. The Labute approximate surface area is 168 Å². The molecule has 1 aliphatic rings. The van der Waals surface area contributed by atoms with Crippen molar-refractivity contribution in [2.24, 2.45) is 5.73 Å². The molecular weight excluding hydrogens is 366 g/mol. The minimum atomic E-state index is -2.14. The predicted molar refractivity (Wildman–Crippen MR) is 109 cm³/mol. The van der Waals surface area contributed by atoms with Gasteiger partial charge in [-0.15, -0.1) is 0 Å². The molecule has 0 radical (unpaired) electrons. The van der Waals surface area contributed by atoms with Crippen LogP contribution in [0.5, 0.6) is 0 Å². The highest BCUT2D eigenvalue weighted by Gasteiger charge is 2.44. The minimum absolute atomic E-state index is 0.0169. The van der Waals surface area contributed by atoms with E-state index in [1.54, 1.807) is 24.3 Å². The molecule has 0 saturated heterocycles. The molecule has 3 aromatic carbocycles. The molecule has 0 saturated carbocycles. The second-order valence-electron chi connectivity index (χ2n) is 7.29. The Morgan fingerprint density at radius 1 is 0.931 bits per heavy atom. The summed E-state index contributed by atoms with van der Waals surface area (Å²) < 4.78 is 5.41. The number of esters is 1. The summed E-state index contributed by atoms with van der Waals surface area (Å²) in [4.78, 5) is 24.5. The van der Waals surface area contributed by atoms with Crippen LogP contribution in [0.2, 0.25) is 0 Å². The molecule has 3 aromatic rings. The summed E-state index contributed by atoms with van der Waals surface area (Å²) in [6.07, 6.45) is 0.621. The Morgan fingerprint density at radius 3 is 2.38 bits per heavy atom. The van der Waals surface area contributed by atoms with Gasteiger partial charge in [0.15, 0.2) is 0 Å². The zero-order chi connectivity index (χ0) is 20.4. The third-order valence-corrected chi connectivity index (χ3v) is 5.38. The zero-order valence-corrected chi connectivity index (χ0v) is 15.8. The summed E-state index contributed by atoms with van der Waals surface area (Å²) in [7, 11) is 0. The van der Waals surface area contributed by atoms with E-state index in [1.165, 1.54) is 11.1 Å². The summed E-state index contributed by atoms with van der Waals surface area (Å²) in [6.45, 7) is -0.0169. The van der Waals surface area contributed by atoms with Crippen LogP contribution in [0.25, 0.3) is 11.1 Å². The Morgan fingerprint density at radius 2 is 1.62 bits per heavy atom. The monoisotopic (exact) mass is 387 g/mol. The normalized spacial score (nSPS) is 13.8. The van der Waals surface area contributed by atoms with Gasteiger partial charge in [0, 0.05) is 6.42 Å². The standard InChI is InChI=1S/C24H21NO4/c25-24(22(26)27,14-16-7-2-1-3-8-16)23(28)29-15-18-10-6-12-20-19-11-5-4-9-17(19)13-21(18)20/h1-12H,13-15,25H2,(H,26,27). The molecule has 0 spiro atoms. The highest BCUT2D eigenvalue weighted by Crippen LogP contribution is 2.38. The maximum absolute atomic E-state index is 12.7. The van der Waals surface area contributed by atoms with Crippen molar-refractivity contribution < 1.29 is 19.4 Å². The highest BCUT2D eigenvalue weighted by atomic mass is 16.5. The van der Waals surface area contributed by atoms with E-state index in [0.29, 0.717) is 5.56 Å². The Kier molecular flexibility index (Phi) is 4.91. The molecular formula is C24H21NO4. The van der Waals surface area contributed by atoms with E-state index in [1.807, 2.05) is 36.4 Å². The van der Waals surface area contributed by atoms with Crippen LogP contribution in [0.15, 0.2) is 72.8 Å². The van der Waals surface area contributed by atoms with Crippen LogP contribution in [0.1, 0.15) is 22.3 Å². The number of carbonyl (C=O) groups excluding carboxylic acids is 1. The SMILES string of the molecule is NC(Cc1ccccc1)(C(=O)O)C(=O)OCc1cccc2c1Cc1ccccc1-2. The van der Waals surface area contributed by atoms with Gasteiger partial charge in [-0.1, -0.05) is 72.8 Å². The molecule has 0 aliphatic heterocycles. The Hall–Kier alpha value is -3.44. The highest BCUT2D eigenvalue weighted by molar-refractivity contribution is 6.04. The molecule has 0 heterocycles. The molecule has 1 aliphatic carbocycles. The lowest BCUT2D eigenvalue weighted by molar-refractivity contribution is -0.161. The van der Waals surface area contributed by atoms with Gasteiger partial charge in [0.25, 0.3) is 0 Å². The van der Waals surface area contributed by atoms with Gasteiger partial charge in [-0.3, -0.25) is 0 Å². The number of carbonyl (C=O) groups is 2. The number of carboxylic acid groups (broad SMARTS) is 1. The topological polar surface area (TPSA) is 89.6 Å². The van der Waals surface area contributed by atoms with Gasteiger partial charge in [0.2, 0.25) is 5.54 Å². The molecule has 0 amide bonds. The first kappa shape index (κ1) is 18.9. The number of benzene rings is 3. The number of carboxylic acids is 1. The molecule has 0 fully saturated rings. The lowest BCUT2D eigenvalue weighted by Gasteiger charge is -2.23. The average Bonchev–Trinajstić information content (AvgIpc) is 3.12. The molecule has 0 aromatic heterocycles. The molecule has 29 heavy (non-hydrogen) atoms. The van der Waals surface area contributed by atoms with Gasteiger partial charge >= 0.3 is 11.9 Å². The summed E-state index contributed by atoms with van der Waals surface area (Å²) in [5.74, 6) is -2.35. The van der Waals surface area contributed by atoms with E-state index in [4.69, 9.17) is 10.5 Å². The fraction of sp³-hybridized carbons (Fsp3) is 0.167. The fourth-order valence-electron chi connectivity index (χ4n) is 3.78. The van der Waals surface area contributed by atoms with Gasteiger partial charge in [-0.2, -0.15) is 0 Å². The molecule has 1 atom stereocenters. The van der Waals surface area contributed by atoms with Crippen molar-refractivity contribution in [3.8, 4) is 11.1 Å². The lowest BCUT2D eigenvalue weighted by atomic mass is 9.92. The summed E-state index contributed by atoms with van der Waals surface area (Å²) in [6, 6.07) is 22.9. The second-order valence-corrected chi connectivity index (χ2v) is 7.29. The van der Waals surface area contributed by atoms with Crippen LogP contribution >= 0.6 is 0 Å². The van der Waals surface area contributed by atoms with E-state index in [2.05, 4.69) is 12.1 Å². The maximum atomic E-state index is 12.7. The molecule has 5 nitrogen and oxygen atoms in total. The van der Waals surface area contributed by atoms with Gasteiger partial charge in [-0.05, 0) is 39.8 Å². The summed E-state index contributed by atoms with van der Waals surface area (Å²) in [5.41, 5.74) is 10.00. The van der Waals surface area contributed by atoms with Crippen molar-refractivity contribution >= 4 is 11.9 Å². The van der Waals surface area contributed by atoms with Crippen molar-refractivity contribution in [3.05, 3.63) is 95.1 Å². The third kappa shape index (κ3) is 3.52. The number of rotatable bonds is 6. The van der Waals surface area contributed by atoms with Gasteiger partial charge < -0.3 is 15.6 Å².